The van der Waals surface area contributed by atoms with Crippen LogP contribution in [-0.2, 0) is 6.42 Å². The van der Waals surface area contributed by atoms with Crippen molar-refractivity contribution in [3.8, 4) is 17.3 Å². The third-order valence-corrected chi connectivity index (χ3v) is 3.46. The van der Waals surface area contributed by atoms with Gasteiger partial charge in [-0.3, -0.25) is 10.1 Å². The minimum absolute atomic E-state index is 0.0619. The molecule has 0 amide bonds. The van der Waals surface area contributed by atoms with Gasteiger partial charge in [0.05, 0.1) is 4.92 Å². The molecule has 0 fully saturated rings. The molecular weight excluding hydrogens is 312 g/mol. The van der Waals surface area contributed by atoms with Gasteiger partial charge in [0.1, 0.15) is 5.56 Å². The van der Waals surface area contributed by atoms with Crippen molar-refractivity contribution in [2.45, 2.75) is 6.42 Å². The van der Waals surface area contributed by atoms with Gasteiger partial charge in [0, 0.05) is 24.1 Å². The number of rotatable bonds is 4. The van der Waals surface area contributed by atoms with Crippen LogP contribution < -0.4 is 5.63 Å². The van der Waals surface area contributed by atoms with E-state index in [1.165, 1.54) is 24.3 Å². The molecule has 0 atom stereocenters. The molecule has 0 aliphatic heterocycles. The largest absolute Gasteiger partial charge is 0.493 e. The Hall–Kier alpha value is -3.48. The van der Waals surface area contributed by atoms with Crippen LogP contribution >= 0.6 is 0 Å². The highest BCUT2D eigenvalue weighted by molar-refractivity contribution is 5.56. The standard InChI is InChI=1S/C17H12N2O5/c20-15-14(10-11-4-2-1-3-5-11)17(21)24-16(18-15)12-6-8-13(9-7-12)19(22)23/h1-9,20H,10H2. The van der Waals surface area contributed by atoms with E-state index in [0.717, 1.165) is 5.56 Å². The Morgan fingerprint density at radius 2 is 1.75 bits per heavy atom. The van der Waals surface area contributed by atoms with Crippen LogP contribution in [0.5, 0.6) is 5.88 Å². The molecule has 0 saturated heterocycles. The molecule has 3 aromatic rings. The quantitative estimate of drug-likeness (QED) is 0.584. The highest BCUT2D eigenvalue weighted by Gasteiger charge is 2.15. The lowest BCUT2D eigenvalue weighted by Crippen LogP contribution is -2.10. The topological polar surface area (TPSA) is 106 Å². The molecule has 0 aliphatic rings. The number of benzene rings is 2. The number of hydrogen-bond donors (Lipinski definition) is 1. The van der Waals surface area contributed by atoms with Crippen LogP contribution in [0.4, 0.5) is 5.69 Å². The van der Waals surface area contributed by atoms with Gasteiger partial charge in [0.15, 0.2) is 0 Å². The Balaban J connectivity index is 1.95. The fourth-order valence-corrected chi connectivity index (χ4v) is 2.23. The number of nitro benzene ring substituents is 1. The van der Waals surface area contributed by atoms with Crippen LogP contribution in [0.15, 0.2) is 63.8 Å². The molecule has 0 aliphatic carbocycles. The van der Waals surface area contributed by atoms with E-state index in [-0.39, 0.29) is 23.6 Å². The summed E-state index contributed by atoms with van der Waals surface area (Å²) in [5.41, 5.74) is 0.474. The van der Waals surface area contributed by atoms with Crippen LogP contribution in [0.3, 0.4) is 0 Å². The molecule has 7 nitrogen and oxygen atoms in total. The SMILES string of the molecule is O=c1oc(-c2ccc([N+](=O)[O-])cc2)nc(O)c1Cc1ccccc1. The normalized spacial score (nSPS) is 10.5. The Morgan fingerprint density at radius 1 is 1.08 bits per heavy atom. The Morgan fingerprint density at radius 3 is 2.33 bits per heavy atom. The van der Waals surface area contributed by atoms with Gasteiger partial charge in [-0.05, 0) is 17.7 Å². The molecule has 120 valence electrons. The molecular formula is C17H12N2O5. The van der Waals surface area contributed by atoms with E-state index in [4.69, 9.17) is 4.42 Å². The lowest BCUT2D eigenvalue weighted by atomic mass is 10.1. The maximum atomic E-state index is 12.1. The lowest BCUT2D eigenvalue weighted by Gasteiger charge is -2.05. The van der Waals surface area contributed by atoms with Crippen LogP contribution in [-0.4, -0.2) is 15.0 Å². The summed E-state index contributed by atoms with van der Waals surface area (Å²) in [7, 11) is 0. The van der Waals surface area contributed by atoms with Gasteiger partial charge in [0.25, 0.3) is 5.69 Å². The highest BCUT2D eigenvalue weighted by atomic mass is 16.6. The van der Waals surface area contributed by atoms with Gasteiger partial charge in [0.2, 0.25) is 11.8 Å². The summed E-state index contributed by atoms with van der Waals surface area (Å²) >= 11 is 0. The second kappa shape index (κ2) is 6.33. The molecule has 1 N–H and O–H groups in total. The zero-order chi connectivity index (χ0) is 17.1. The summed E-state index contributed by atoms with van der Waals surface area (Å²) in [4.78, 5) is 26.2. The first kappa shape index (κ1) is 15.4. The van der Waals surface area contributed by atoms with Gasteiger partial charge in [-0.2, -0.15) is 4.98 Å². The first-order valence-corrected chi connectivity index (χ1v) is 7.06. The average molecular weight is 324 g/mol. The third kappa shape index (κ3) is 3.14. The van der Waals surface area contributed by atoms with Crippen molar-refractivity contribution < 1.29 is 14.4 Å². The summed E-state index contributed by atoms with van der Waals surface area (Å²) in [6.07, 6.45) is 0.197. The van der Waals surface area contributed by atoms with E-state index in [1.807, 2.05) is 30.3 Å². The van der Waals surface area contributed by atoms with Crippen molar-refractivity contribution in [2.75, 3.05) is 0 Å². The predicted octanol–water partition coefficient (Wildman–Crippen LogP) is 2.91. The van der Waals surface area contributed by atoms with E-state index in [0.29, 0.717) is 5.56 Å². The van der Waals surface area contributed by atoms with Crippen molar-refractivity contribution >= 4 is 5.69 Å². The molecule has 1 heterocycles. The summed E-state index contributed by atoms with van der Waals surface area (Å²) < 4.78 is 5.15. The summed E-state index contributed by atoms with van der Waals surface area (Å²) in [5, 5.41) is 20.7. The molecule has 7 heteroatoms. The Bertz CT molecular complexity index is 933. The summed E-state index contributed by atoms with van der Waals surface area (Å²) in [6, 6.07) is 14.5. The van der Waals surface area contributed by atoms with Crippen LogP contribution in [0, 0.1) is 10.1 Å². The number of aromatic nitrogens is 1. The maximum Gasteiger partial charge on any atom is 0.346 e. The summed E-state index contributed by atoms with van der Waals surface area (Å²) in [6.45, 7) is 0. The van der Waals surface area contributed by atoms with E-state index >= 15 is 0 Å². The van der Waals surface area contributed by atoms with Gasteiger partial charge in [-0.1, -0.05) is 30.3 Å². The molecule has 24 heavy (non-hydrogen) atoms. The zero-order valence-electron chi connectivity index (χ0n) is 12.4. The van der Waals surface area contributed by atoms with E-state index < -0.39 is 16.4 Å². The first-order chi connectivity index (χ1) is 11.5. The van der Waals surface area contributed by atoms with Crippen LogP contribution in [0.25, 0.3) is 11.5 Å². The Kier molecular flexibility index (Phi) is 4.07. The molecule has 0 unspecified atom stereocenters. The van der Waals surface area contributed by atoms with Gasteiger partial charge < -0.3 is 9.52 Å². The number of non-ortho nitro benzene ring substituents is 1. The number of aromatic hydroxyl groups is 1. The first-order valence-electron chi connectivity index (χ1n) is 7.06. The highest BCUT2D eigenvalue weighted by Crippen LogP contribution is 2.23. The molecule has 0 bridgehead atoms. The fraction of sp³-hybridized carbons (Fsp3) is 0.0588. The smallest absolute Gasteiger partial charge is 0.346 e. The van der Waals surface area contributed by atoms with E-state index in [1.54, 1.807) is 0 Å². The zero-order valence-corrected chi connectivity index (χ0v) is 12.4. The average Bonchev–Trinajstić information content (AvgIpc) is 2.59. The fourth-order valence-electron chi connectivity index (χ4n) is 2.23. The Labute approximate surface area is 136 Å². The minimum atomic E-state index is -0.695. The molecule has 3 rings (SSSR count). The monoisotopic (exact) mass is 324 g/mol. The number of nitro groups is 1. The second-order valence-corrected chi connectivity index (χ2v) is 5.07. The van der Waals surface area contributed by atoms with Crippen LogP contribution in [0.1, 0.15) is 11.1 Å². The second-order valence-electron chi connectivity index (χ2n) is 5.07. The predicted molar refractivity (Wildman–Crippen MR) is 85.8 cm³/mol. The summed E-state index contributed by atoms with van der Waals surface area (Å²) in [5.74, 6) is -0.507. The number of hydrogen-bond acceptors (Lipinski definition) is 6. The molecule has 1 aromatic heterocycles. The van der Waals surface area contributed by atoms with Gasteiger partial charge >= 0.3 is 5.63 Å². The van der Waals surface area contributed by atoms with Crippen molar-refractivity contribution in [2.24, 2.45) is 0 Å². The van der Waals surface area contributed by atoms with E-state index in [2.05, 4.69) is 4.98 Å². The van der Waals surface area contributed by atoms with Crippen molar-refractivity contribution in [1.29, 1.82) is 0 Å². The molecule has 0 radical (unpaired) electrons. The number of nitrogens with zero attached hydrogens (tertiary/aromatic N) is 2. The van der Waals surface area contributed by atoms with Crippen LogP contribution in [0.2, 0.25) is 0 Å². The van der Waals surface area contributed by atoms with Crippen molar-refractivity contribution in [1.82, 2.24) is 4.98 Å². The van der Waals surface area contributed by atoms with Crippen molar-refractivity contribution in [3.63, 3.8) is 0 Å². The maximum absolute atomic E-state index is 12.1. The molecule has 2 aromatic carbocycles. The third-order valence-electron chi connectivity index (χ3n) is 3.46. The van der Waals surface area contributed by atoms with Gasteiger partial charge in [-0.15, -0.1) is 0 Å². The minimum Gasteiger partial charge on any atom is -0.493 e. The van der Waals surface area contributed by atoms with Crippen molar-refractivity contribution in [3.05, 3.63) is 86.3 Å². The molecule has 0 spiro atoms. The molecule has 0 saturated carbocycles. The lowest BCUT2D eigenvalue weighted by molar-refractivity contribution is -0.384. The van der Waals surface area contributed by atoms with Gasteiger partial charge in [-0.25, -0.2) is 4.79 Å². The van der Waals surface area contributed by atoms with E-state index in [9.17, 15) is 20.0 Å².